The van der Waals surface area contributed by atoms with E-state index in [1.165, 1.54) is 0 Å². The van der Waals surface area contributed by atoms with Crippen LogP contribution in [-0.4, -0.2) is 30.9 Å². The summed E-state index contributed by atoms with van der Waals surface area (Å²) in [7, 11) is 0. The molecular weight excluding hydrogens is 435 g/mol. The summed E-state index contributed by atoms with van der Waals surface area (Å²) in [6, 6.07) is 14.2. The third-order valence-corrected chi connectivity index (χ3v) is 3.82. The number of ether oxygens (including phenoxy) is 1. The first kappa shape index (κ1) is 18.9. The Morgan fingerprint density at radius 1 is 1.08 bits per heavy atom. The van der Waals surface area contributed by atoms with Gasteiger partial charge in [0.1, 0.15) is 6.54 Å². The molecule has 0 saturated heterocycles. The summed E-state index contributed by atoms with van der Waals surface area (Å²) in [6.07, 6.45) is 0. The number of hydrogen-bond donors (Lipinski definition) is 2. The predicted molar refractivity (Wildman–Crippen MR) is 102 cm³/mol. The van der Waals surface area contributed by atoms with Crippen molar-refractivity contribution in [1.82, 2.24) is 5.32 Å². The lowest BCUT2D eigenvalue weighted by atomic mass is 10.1. The van der Waals surface area contributed by atoms with Gasteiger partial charge in [-0.15, -0.1) is 0 Å². The molecule has 0 saturated carbocycles. The van der Waals surface area contributed by atoms with Crippen LogP contribution >= 0.6 is 22.6 Å². The van der Waals surface area contributed by atoms with Gasteiger partial charge in [0.25, 0.3) is 11.8 Å². The van der Waals surface area contributed by atoms with E-state index in [4.69, 9.17) is 4.74 Å². The zero-order chi connectivity index (χ0) is 18.2. The SMILES string of the molecule is Cc1cccc(C(=O)NCC(=O)OCC(=O)Nc2cccc(I)c2)c1. The molecule has 0 atom stereocenters. The molecule has 7 heteroatoms. The van der Waals surface area contributed by atoms with Crippen molar-refractivity contribution in [3.05, 3.63) is 63.2 Å². The number of halogens is 1. The van der Waals surface area contributed by atoms with Gasteiger partial charge in [0, 0.05) is 14.8 Å². The second-order valence-electron chi connectivity index (χ2n) is 5.27. The van der Waals surface area contributed by atoms with Crippen LogP contribution in [0.5, 0.6) is 0 Å². The number of nitrogens with one attached hydrogen (secondary N) is 2. The summed E-state index contributed by atoms with van der Waals surface area (Å²) < 4.78 is 5.83. The Kier molecular flexibility index (Phi) is 6.93. The van der Waals surface area contributed by atoms with Crippen LogP contribution in [0.15, 0.2) is 48.5 Å². The van der Waals surface area contributed by atoms with E-state index in [9.17, 15) is 14.4 Å². The smallest absolute Gasteiger partial charge is 0.325 e. The molecule has 2 amide bonds. The third-order valence-electron chi connectivity index (χ3n) is 3.15. The number of benzene rings is 2. The fraction of sp³-hybridized carbons (Fsp3) is 0.167. The minimum absolute atomic E-state index is 0.302. The zero-order valence-corrected chi connectivity index (χ0v) is 15.7. The van der Waals surface area contributed by atoms with E-state index in [2.05, 4.69) is 33.2 Å². The van der Waals surface area contributed by atoms with Gasteiger partial charge in [-0.2, -0.15) is 0 Å². The first-order valence-electron chi connectivity index (χ1n) is 7.50. The van der Waals surface area contributed by atoms with Gasteiger partial charge < -0.3 is 15.4 Å². The van der Waals surface area contributed by atoms with Crippen molar-refractivity contribution in [3.63, 3.8) is 0 Å². The van der Waals surface area contributed by atoms with Crippen molar-refractivity contribution < 1.29 is 19.1 Å². The average molecular weight is 452 g/mol. The van der Waals surface area contributed by atoms with Gasteiger partial charge in [-0.1, -0.05) is 23.8 Å². The lowest BCUT2D eigenvalue weighted by molar-refractivity contribution is -0.146. The third kappa shape index (κ3) is 6.54. The second-order valence-corrected chi connectivity index (χ2v) is 6.52. The van der Waals surface area contributed by atoms with Crippen LogP contribution in [-0.2, 0) is 14.3 Å². The summed E-state index contributed by atoms with van der Waals surface area (Å²) in [5.74, 6) is -1.50. The number of hydrogen-bond acceptors (Lipinski definition) is 4. The molecule has 0 aliphatic heterocycles. The van der Waals surface area contributed by atoms with Gasteiger partial charge in [-0.25, -0.2) is 0 Å². The van der Waals surface area contributed by atoms with Gasteiger partial charge in [-0.05, 0) is 59.8 Å². The molecule has 2 N–H and O–H groups in total. The van der Waals surface area contributed by atoms with Gasteiger partial charge in [0.2, 0.25) is 0 Å². The maximum Gasteiger partial charge on any atom is 0.325 e. The van der Waals surface area contributed by atoms with Crippen LogP contribution in [0.4, 0.5) is 5.69 Å². The maximum atomic E-state index is 11.9. The molecular formula is C18H17IN2O4. The molecule has 2 aromatic carbocycles. The van der Waals surface area contributed by atoms with Crippen molar-refractivity contribution >= 4 is 46.1 Å². The maximum absolute atomic E-state index is 11.9. The fourth-order valence-electron chi connectivity index (χ4n) is 2.00. The monoisotopic (exact) mass is 452 g/mol. The van der Waals surface area contributed by atoms with Gasteiger partial charge in [0.15, 0.2) is 6.61 Å². The number of carbonyl (C=O) groups is 3. The lowest BCUT2D eigenvalue weighted by Crippen LogP contribution is -2.32. The molecule has 130 valence electrons. The molecule has 0 bridgehead atoms. The topological polar surface area (TPSA) is 84.5 Å². The number of anilines is 1. The first-order valence-corrected chi connectivity index (χ1v) is 8.58. The molecule has 0 heterocycles. The summed E-state index contributed by atoms with van der Waals surface area (Å²) in [6.45, 7) is 1.16. The Balaban J connectivity index is 1.73. The first-order chi connectivity index (χ1) is 11.9. The largest absolute Gasteiger partial charge is 0.454 e. The van der Waals surface area contributed by atoms with Gasteiger partial charge in [-0.3, -0.25) is 14.4 Å². The predicted octanol–water partition coefficient (Wildman–Crippen LogP) is 2.51. The van der Waals surface area contributed by atoms with Crippen molar-refractivity contribution in [2.75, 3.05) is 18.5 Å². The van der Waals surface area contributed by atoms with E-state index in [0.29, 0.717) is 11.3 Å². The van der Waals surface area contributed by atoms with Crippen LogP contribution in [0.2, 0.25) is 0 Å². The van der Waals surface area contributed by atoms with E-state index < -0.39 is 18.5 Å². The average Bonchev–Trinajstić information content (AvgIpc) is 2.58. The van der Waals surface area contributed by atoms with Crippen molar-refractivity contribution in [2.45, 2.75) is 6.92 Å². The Hall–Kier alpha value is -2.42. The molecule has 0 aliphatic carbocycles. The standard InChI is InChI=1S/C18H17IN2O4/c1-12-4-2-5-13(8-12)18(24)20-10-17(23)25-11-16(22)21-15-7-3-6-14(19)9-15/h2-9H,10-11H2,1H3,(H,20,24)(H,21,22). The highest BCUT2D eigenvalue weighted by Gasteiger charge is 2.11. The van der Waals surface area contributed by atoms with Crippen LogP contribution < -0.4 is 10.6 Å². The number of rotatable bonds is 6. The van der Waals surface area contributed by atoms with Crippen LogP contribution in [0, 0.1) is 10.5 Å². The highest BCUT2D eigenvalue weighted by atomic mass is 127. The molecule has 0 fully saturated rings. The fourth-order valence-corrected chi connectivity index (χ4v) is 2.54. The molecule has 0 aliphatic rings. The normalized spacial score (nSPS) is 10.0. The Bertz CT molecular complexity index is 792. The van der Waals surface area contributed by atoms with Crippen LogP contribution in [0.1, 0.15) is 15.9 Å². The highest BCUT2D eigenvalue weighted by molar-refractivity contribution is 14.1. The van der Waals surface area contributed by atoms with E-state index >= 15 is 0 Å². The molecule has 25 heavy (non-hydrogen) atoms. The molecule has 0 unspecified atom stereocenters. The lowest BCUT2D eigenvalue weighted by Gasteiger charge is -2.08. The Morgan fingerprint density at radius 2 is 1.84 bits per heavy atom. The van der Waals surface area contributed by atoms with Crippen LogP contribution in [0.25, 0.3) is 0 Å². The minimum atomic E-state index is -0.682. The summed E-state index contributed by atoms with van der Waals surface area (Å²) in [4.78, 5) is 35.3. The van der Waals surface area contributed by atoms with Gasteiger partial charge in [0.05, 0.1) is 0 Å². The quantitative estimate of drug-likeness (QED) is 0.521. The van der Waals surface area contributed by atoms with E-state index in [-0.39, 0.29) is 12.5 Å². The van der Waals surface area contributed by atoms with Gasteiger partial charge >= 0.3 is 5.97 Å². The minimum Gasteiger partial charge on any atom is -0.454 e. The molecule has 6 nitrogen and oxygen atoms in total. The number of aryl methyl sites for hydroxylation is 1. The van der Waals surface area contributed by atoms with Crippen molar-refractivity contribution in [1.29, 1.82) is 0 Å². The molecule has 2 rings (SSSR count). The number of amides is 2. The van der Waals surface area contributed by atoms with E-state index in [1.807, 2.05) is 25.1 Å². The van der Waals surface area contributed by atoms with E-state index in [1.54, 1.807) is 30.3 Å². The van der Waals surface area contributed by atoms with Crippen molar-refractivity contribution in [3.8, 4) is 0 Å². The summed E-state index contributed by atoms with van der Waals surface area (Å²) in [5.41, 5.74) is 2.03. The van der Waals surface area contributed by atoms with Crippen LogP contribution in [0.3, 0.4) is 0 Å². The zero-order valence-electron chi connectivity index (χ0n) is 13.5. The molecule has 2 aromatic rings. The molecule has 0 aromatic heterocycles. The Morgan fingerprint density at radius 3 is 2.56 bits per heavy atom. The number of esters is 1. The highest BCUT2D eigenvalue weighted by Crippen LogP contribution is 2.12. The summed E-state index contributed by atoms with van der Waals surface area (Å²) >= 11 is 2.13. The molecule has 0 radical (unpaired) electrons. The van der Waals surface area contributed by atoms with Crippen molar-refractivity contribution in [2.24, 2.45) is 0 Å². The molecule has 0 spiro atoms. The van der Waals surface area contributed by atoms with E-state index in [0.717, 1.165) is 9.13 Å². The number of carbonyl (C=O) groups excluding carboxylic acids is 3. The second kappa shape index (κ2) is 9.16. The summed E-state index contributed by atoms with van der Waals surface area (Å²) in [5, 5.41) is 5.09. The Labute approximate surface area is 159 Å².